The van der Waals surface area contributed by atoms with Crippen LogP contribution >= 0.6 is 12.4 Å². The predicted molar refractivity (Wildman–Crippen MR) is 102 cm³/mol. The highest BCUT2D eigenvalue weighted by molar-refractivity contribution is 5.97. The first-order chi connectivity index (χ1) is 12.1. The van der Waals surface area contributed by atoms with Crippen LogP contribution in [0.4, 0.5) is 5.69 Å². The molecule has 2 N–H and O–H groups in total. The van der Waals surface area contributed by atoms with E-state index in [4.69, 9.17) is 14.2 Å². The molecule has 0 aromatic heterocycles. The Balaban J connectivity index is 0.00000338. The molecule has 0 saturated carbocycles. The van der Waals surface area contributed by atoms with Gasteiger partial charge in [-0.2, -0.15) is 0 Å². The van der Waals surface area contributed by atoms with Crippen LogP contribution in [-0.4, -0.2) is 46.3 Å². The molecule has 2 rings (SSSR count). The first-order valence-electron chi connectivity index (χ1n) is 8.44. The van der Waals surface area contributed by atoms with E-state index in [0.717, 1.165) is 32.4 Å². The van der Waals surface area contributed by atoms with Crippen LogP contribution in [0.1, 0.15) is 36.0 Å². The SMILES string of the molecule is COC(=O)c1cc(NC(=O)CCC2CCNCC2)c(OC)c(OC)c1.Cl. The Morgan fingerprint density at radius 1 is 1.15 bits per heavy atom. The van der Waals surface area contributed by atoms with E-state index in [2.05, 4.69) is 10.6 Å². The fourth-order valence-corrected chi connectivity index (χ4v) is 3.01. The first-order valence-corrected chi connectivity index (χ1v) is 8.44. The molecule has 1 aromatic carbocycles. The summed E-state index contributed by atoms with van der Waals surface area (Å²) in [4.78, 5) is 24.1. The van der Waals surface area contributed by atoms with Crippen molar-refractivity contribution in [3.05, 3.63) is 17.7 Å². The molecule has 1 aliphatic heterocycles. The van der Waals surface area contributed by atoms with Crippen LogP contribution < -0.4 is 20.1 Å². The van der Waals surface area contributed by atoms with Gasteiger partial charge >= 0.3 is 5.97 Å². The lowest BCUT2D eigenvalue weighted by Crippen LogP contribution is -2.28. The van der Waals surface area contributed by atoms with Crippen LogP contribution in [0.25, 0.3) is 0 Å². The van der Waals surface area contributed by atoms with Gasteiger partial charge in [-0.3, -0.25) is 4.79 Å². The number of ether oxygens (including phenoxy) is 3. The summed E-state index contributed by atoms with van der Waals surface area (Å²) in [5.74, 6) is 0.696. The Morgan fingerprint density at radius 3 is 2.42 bits per heavy atom. The second-order valence-electron chi connectivity index (χ2n) is 6.03. The van der Waals surface area contributed by atoms with E-state index < -0.39 is 5.97 Å². The Hall–Kier alpha value is -1.99. The predicted octanol–water partition coefficient (Wildman–Crippen LogP) is 2.63. The molecule has 1 aromatic rings. The highest BCUT2D eigenvalue weighted by atomic mass is 35.5. The number of esters is 1. The van der Waals surface area contributed by atoms with Gasteiger partial charge in [-0.1, -0.05) is 0 Å². The number of carbonyl (C=O) groups is 2. The minimum Gasteiger partial charge on any atom is -0.493 e. The van der Waals surface area contributed by atoms with Crippen molar-refractivity contribution in [1.29, 1.82) is 0 Å². The molecule has 1 saturated heterocycles. The van der Waals surface area contributed by atoms with Crippen LogP contribution in [0, 0.1) is 5.92 Å². The first kappa shape index (κ1) is 22.1. The number of hydrogen-bond acceptors (Lipinski definition) is 6. The molecule has 8 heteroatoms. The fraction of sp³-hybridized carbons (Fsp3) is 0.556. The third-order valence-corrected chi connectivity index (χ3v) is 4.41. The number of hydrogen-bond donors (Lipinski definition) is 2. The monoisotopic (exact) mass is 386 g/mol. The van der Waals surface area contributed by atoms with Gasteiger partial charge in [0, 0.05) is 6.42 Å². The number of anilines is 1. The van der Waals surface area contributed by atoms with Crippen molar-refractivity contribution >= 4 is 30.0 Å². The van der Waals surface area contributed by atoms with Gasteiger partial charge in [0.2, 0.25) is 5.91 Å². The van der Waals surface area contributed by atoms with E-state index in [-0.39, 0.29) is 23.9 Å². The standard InChI is InChI=1S/C18H26N2O5.ClH/c1-23-15-11-13(18(22)25-3)10-14(17(15)24-2)20-16(21)5-4-12-6-8-19-9-7-12;/h10-12,19H,4-9H2,1-3H3,(H,20,21);1H. The molecule has 26 heavy (non-hydrogen) atoms. The summed E-state index contributed by atoms with van der Waals surface area (Å²) in [6, 6.07) is 3.06. The van der Waals surface area contributed by atoms with Crippen molar-refractivity contribution < 1.29 is 23.8 Å². The molecule has 0 unspecified atom stereocenters. The van der Waals surface area contributed by atoms with E-state index in [1.807, 2.05) is 0 Å². The fourth-order valence-electron chi connectivity index (χ4n) is 3.01. The maximum atomic E-state index is 12.3. The van der Waals surface area contributed by atoms with Crippen molar-refractivity contribution in [2.75, 3.05) is 39.7 Å². The minimum absolute atomic E-state index is 0. The second kappa shape index (κ2) is 10.9. The number of nitrogens with one attached hydrogen (secondary N) is 2. The molecule has 146 valence electrons. The van der Waals surface area contributed by atoms with E-state index in [1.165, 1.54) is 33.5 Å². The molecule has 1 heterocycles. The topological polar surface area (TPSA) is 85.9 Å². The number of rotatable bonds is 7. The van der Waals surface area contributed by atoms with Crippen LogP contribution in [-0.2, 0) is 9.53 Å². The summed E-state index contributed by atoms with van der Waals surface area (Å²) in [6.45, 7) is 2.02. The van der Waals surface area contributed by atoms with Crippen molar-refractivity contribution in [1.82, 2.24) is 5.32 Å². The van der Waals surface area contributed by atoms with Gasteiger partial charge in [-0.05, 0) is 50.4 Å². The summed E-state index contributed by atoms with van der Waals surface area (Å²) >= 11 is 0. The lowest BCUT2D eigenvalue weighted by molar-refractivity contribution is -0.116. The maximum absolute atomic E-state index is 12.3. The third kappa shape index (κ3) is 5.78. The van der Waals surface area contributed by atoms with Crippen molar-refractivity contribution in [2.24, 2.45) is 5.92 Å². The minimum atomic E-state index is -0.508. The molecule has 0 radical (unpaired) electrons. The number of methoxy groups -OCH3 is 3. The number of piperidine rings is 1. The zero-order valence-electron chi connectivity index (χ0n) is 15.4. The Bertz CT molecular complexity index is 618. The molecule has 0 aliphatic carbocycles. The largest absolute Gasteiger partial charge is 0.493 e. The average Bonchev–Trinajstić information content (AvgIpc) is 2.65. The Morgan fingerprint density at radius 2 is 1.85 bits per heavy atom. The molecular weight excluding hydrogens is 360 g/mol. The van der Waals surface area contributed by atoms with E-state index in [1.54, 1.807) is 0 Å². The number of amides is 1. The van der Waals surface area contributed by atoms with Gasteiger partial charge in [0.1, 0.15) is 0 Å². The van der Waals surface area contributed by atoms with Crippen molar-refractivity contribution in [3.8, 4) is 11.5 Å². The van der Waals surface area contributed by atoms with E-state index in [9.17, 15) is 9.59 Å². The maximum Gasteiger partial charge on any atom is 0.338 e. The van der Waals surface area contributed by atoms with Gasteiger partial charge in [0.05, 0.1) is 32.6 Å². The highest BCUT2D eigenvalue weighted by Crippen LogP contribution is 2.37. The highest BCUT2D eigenvalue weighted by Gasteiger charge is 2.19. The van der Waals surface area contributed by atoms with Crippen molar-refractivity contribution in [3.63, 3.8) is 0 Å². The molecule has 0 spiro atoms. The summed E-state index contributed by atoms with van der Waals surface area (Å²) in [7, 11) is 4.26. The number of benzene rings is 1. The summed E-state index contributed by atoms with van der Waals surface area (Å²) in [5.41, 5.74) is 0.686. The van der Waals surface area contributed by atoms with Crippen LogP contribution in [0.3, 0.4) is 0 Å². The zero-order chi connectivity index (χ0) is 18.2. The van der Waals surface area contributed by atoms with Crippen LogP contribution in [0.5, 0.6) is 11.5 Å². The average molecular weight is 387 g/mol. The summed E-state index contributed by atoms with van der Waals surface area (Å²) < 4.78 is 15.3. The molecule has 0 atom stereocenters. The Labute approximate surface area is 160 Å². The summed E-state index contributed by atoms with van der Waals surface area (Å²) in [5, 5.41) is 6.15. The second-order valence-corrected chi connectivity index (χ2v) is 6.03. The number of carbonyl (C=O) groups excluding carboxylic acids is 2. The van der Waals surface area contributed by atoms with E-state index >= 15 is 0 Å². The zero-order valence-corrected chi connectivity index (χ0v) is 16.2. The molecule has 1 amide bonds. The van der Waals surface area contributed by atoms with Crippen molar-refractivity contribution in [2.45, 2.75) is 25.7 Å². The normalized spacial score (nSPS) is 14.1. The quantitative estimate of drug-likeness (QED) is 0.700. The number of halogens is 1. The van der Waals surface area contributed by atoms with Gasteiger partial charge in [0.25, 0.3) is 0 Å². The van der Waals surface area contributed by atoms with Gasteiger partial charge in [-0.25, -0.2) is 4.79 Å². The van der Waals surface area contributed by atoms with Gasteiger partial charge in [0.15, 0.2) is 11.5 Å². The lowest BCUT2D eigenvalue weighted by Gasteiger charge is -2.22. The lowest BCUT2D eigenvalue weighted by atomic mass is 9.93. The van der Waals surface area contributed by atoms with Gasteiger partial charge in [-0.15, -0.1) is 12.4 Å². The molecule has 7 nitrogen and oxygen atoms in total. The Kier molecular flexibility index (Phi) is 9.23. The summed E-state index contributed by atoms with van der Waals surface area (Å²) in [6.07, 6.45) is 3.48. The van der Waals surface area contributed by atoms with E-state index in [0.29, 0.717) is 29.5 Å². The molecule has 1 aliphatic rings. The molecule has 1 fully saturated rings. The smallest absolute Gasteiger partial charge is 0.338 e. The van der Waals surface area contributed by atoms with Crippen LogP contribution in [0.15, 0.2) is 12.1 Å². The molecule has 0 bridgehead atoms. The third-order valence-electron chi connectivity index (χ3n) is 4.41. The van der Waals surface area contributed by atoms with Gasteiger partial charge < -0.3 is 24.8 Å². The molecular formula is C18H27ClN2O5. The van der Waals surface area contributed by atoms with Crippen LogP contribution in [0.2, 0.25) is 0 Å².